The van der Waals surface area contributed by atoms with Gasteiger partial charge in [-0.3, -0.25) is 4.79 Å². The Bertz CT molecular complexity index is 630. The zero-order valence-electron chi connectivity index (χ0n) is 10.5. The van der Waals surface area contributed by atoms with E-state index in [4.69, 9.17) is 4.74 Å². The number of carbonyl (C=O) groups is 2. The first-order valence-corrected chi connectivity index (χ1v) is 7.22. The van der Waals surface area contributed by atoms with E-state index in [1.54, 1.807) is 23.9 Å². The zero-order chi connectivity index (χ0) is 14.0. The van der Waals surface area contributed by atoms with E-state index < -0.39 is 5.97 Å². The van der Waals surface area contributed by atoms with Gasteiger partial charge in [0, 0.05) is 24.4 Å². The van der Waals surface area contributed by atoms with Gasteiger partial charge in [-0.05, 0) is 40.4 Å². The van der Waals surface area contributed by atoms with Crippen LogP contribution in [0.3, 0.4) is 0 Å². The Morgan fingerprint density at radius 2 is 2.16 bits per heavy atom. The van der Waals surface area contributed by atoms with Gasteiger partial charge in [0.15, 0.2) is 5.78 Å². The summed E-state index contributed by atoms with van der Waals surface area (Å²) in [6, 6.07) is 3.46. The molecular formula is C13H12BrNO3S. The predicted octanol–water partition coefficient (Wildman–Crippen LogP) is 3.41. The van der Waals surface area contributed by atoms with Gasteiger partial charge in [-0.2, -0.15) is 0 Å². The molecule has 0 amide bonds. The Hall–Kier alpha value is -1.40. The lowest BCUT2D eigenvalue weighted by atomic mass is 10.2. The maximum Gasteiger partial charge on any atom is 0.355 e. The predicted molar refractivity (Wildman–Crippen MR) is 76.6 cm³/mol. The number of aromatic nitrogens is 1. The first-order valence-electron chi connectivity index (χ1n) is 5.54. The van der Waals surface area contributed by atoms with Crippen molar-refractivity contribution in [3.63, 3.8) is 0 Å². The summed E-state index contributed by atoms with van der Waals surface area (Å²) in [4.78, 5) is 23.2. The van der Waals surface area contributed by atoms with Crippen LogP contribution in [-0.4, -0.2) is 16.3 Å². The van der Waals surface area contributed by atoms with Crippen LogP contribution in [-0.2, 0) is 18.4 Å². The number of Topliss-reactive ketones (excluding diaryl/α,β-unsaturated/α-hetero) is 1. The Morgan fingerprint density at radius 1 is 1.42 bits per heavy atom. The Balaban J connectivity index is 2.05. The maximum atomic E-state index is 11.9. The highest BCUT2D eigenvalue weighted by molar-refractivity contribution is 9.11. The summed E-state index contributed by atoms with van der Waals surface area (Å²) in [5.74, 6) is -0.506. The van der Waals surface area contributed by atoms with Gasteiger partial charge in [-0.25, -0.2) is 4.79 Å². The van der Waals surface area contributed by atoms with E-state index >= 15 is 0 Å². The fourth-order valence-corrected chi connectivity index (χ4v) is 2.80. The van der Waals surface area contributed by atoms with Crippen LogP contribution in [0.4, 0.5) is 0 Å². The van der Waals surface area contributed by atoms with Crippen molar-refractivity contribution in [1.29, 1.82) is 0 Å². The molecule has 0 N–H and O–H groups in total. The number of thiophene rings is 1. The molecule has 0 bridgehead atoms. The van der Waals surface area contributed by atoms with E-state index in [1.165, 1.54) is 18.3 Å². The third-order valence-electron chi connectivity index (χ3n) is 2.61. The highest BCUT2D eigenvalue weighted by Crippen LogP contribution is 2.21. The topological polar surface area (TPSA) is 48.3 Å². The molecule has 0 aliphatic carbocycles. The van der Waals surface area contributed by atoms with Crippen LogP contribution in [0.5, 0.6) is 0 Å². The van der Waals surface area contributed by atoms with Crippen LogP contribution in [0.2, 0.25) is 0 Å². The number of halogens is 1. The molecule has 4 nitrogen and oxygen atoms in total. The van der Waals surface area contributed by atoms with Gasteiger partial charge in [-0.1, -0.05) is 0 Å². The van der Waals surface area contributed by atoms with Crippen molar-refractivity contribution < 1.29 is 14.3 Å². The van der Waals surface area contributed by atoms with Crippen molar-refractivity contribution >= 4 is 39.0 Å². The van der Waals surface area contributed by atoms with Gasteiger partial charge in [0.05, 0.1) is 3.79 Å². The number of aryl methyl sites for hydroxylation is 1. The summed E-state index contributed by atoms with van der Waals surface area (Å²) in [6.45, 7) is 1.69. The summed E-state index contributed by atoms with van der Waals surface area (Å²) in [5.41, 5.74) is 1.82. The molecule has 100 valence electrons. The van der Waals surface area contributed by atoms with Crippen LogP contribution in [0.15, 0.2) is 27.5 Å². The molecule has 0 aliphatic heterocycles. The van der Waals surface area contributed by atoms with Gasteiger partial charge in [0.25, 0.3) is 0 Å². The normalized spacial score (nSPS) is 10.5. The fourth-order valence-electron chi connectivity index (χ4n) is 1.60. The molecule has 2 aromatic heterocycles. The number of rotatable bonds is 4. The number of carbonyl (C=O) groups excluding carboxylic acids is 2. The minimum atomic E-state index is -0.433. The lowest BCUT2D eigenvalue weighted by Crippen LogP contribution is -2.09. The van der Waals surface area contributed by atoms with Crippen molar-refractivity contribution in [1.82, 2.24) is 4.57 Å². The van der Waals surface area contributed by atoms with E-state index in [-0.39, 0.29) is 12.4 Å². The van der Waals surface area contributed by atoms with Crippen LogP contribution >= 0.6 is 27.3 Å². The number of esters is 1. The highest BCUT2D eigenvalue weighted by Gasteiger charge is 2.15. The minimum absolute atomic E-state index is 0.0728. The fraction of sp³-hybridized carbons (Fsp3) is 0.231. The quantitative estimate of drug-likeness (QED) is 0.632. The van der Waals surface area contributed by atoms with Gasteiger partial charge < -0.3 is 9.30 Å². The summed E-state index contributed by atoms with van der Waals surface area (Å²) in [5, 5.41) is 1.92. The number of hydrogen-bond donors (Lipinski definition) is 0. The van der Waals surface area contributed by atoms with Crippen molar-refractivity contribution in [3.05, 3.63) is 44.3 Å². The van der Waals surface area contributed by atoms with Gasteiger partial charge in [0.2, 0.25) is 0 Å². The third kappa shape index (κ3) is 3.33. The molecule has 2 heterocycles. The molecule has 0 radical (unpaired) electrons. The summed E-state index contributed by atoms with van der Waals surface area (Å²) < 4.78 is 7.81. The van der Waals surface area contributed by atoms with E-state index in [0.717, 1.165) is 9.35 Å². The van der Waals surface area contributed by atoms with Crippen molar-refractivity contribution in [3.8, 4) is 0 Å². The lowest BCUT2D eigenvalue weighted by molar-refractivity contribution is 0.0462. The molecule has 19 heavy (non-hydrogen) atoms. The molecule has 2 rings (SSSR count). The third-order valence-corrected chi connectivity index (χ3v) is 4.17. The Labute approximate surface area is 123 Å². The number of ether oxygens (including phenoxy) is 1. The van der Waals surface area contributed by atoms with Gasteiger partial charge >= 0.3 is 5.97 Å². The van der Waals surface area contributed by atoms with Crippen molar-refractivity contribution in [2.75, 3.05) is 0 Å². The zero-order valence-corrected chi connectivity index (χ0v) is 12.9. The van der Waals surface area contributed by atoms with Crippen LogP contribution in [0, 0.1) is 0 Å². The Morgan fingerprint density at radius 3 is 2.68 bits per heavy atom. The number of hydrogen-bond acceptors (Lipinski definition) is 4. The molecule has 0 saturated carbocycles. The molecule has 0 saturated heterocycles. The molecule has 0 unspecified atom stereocenters. The Kier molecular flexibility index (Phi) is 4.21. The first kappa shape index (κ1) is 14.0. The monoisotopic (exact) mass is 341 g/mol. The van der Waals surface area contributed by atoms with Crippen LogP contribution in [0.25, 0.3) is 0 Å². The van der Waals surface area contributed by atoms with E-state index in [1.807, 2.05) is 11.4 Å². The average Bonchev–Trinajstić information content (AvgIpc) is 2.92. The van der Waals surface area contributed by atoms with E-state index in [9.17, 15) is 9.59 Å². The van der Waals surface area contributed by atoms with Gasteiger partial charge in [-0.15, -0.1) is 11.3 Å². The second kappa shape index (κ2) is 5.71. The summed E-state index contributed by atoms with van der Waals surface area (Å²) in [7, 11) is 1.71. The second-order valence-electron chi connectivity index (χ2n) is 4.12. The minimum Gasteiger partial charge on any atom is -0.456 e. The SMILES string of the molecule is CC(=O)c1cc(C(=O)OCc2csc(Br)c2)n(C)c1. The molecule has 0 atom stereocenters. The van der Waals surface area contributed by atoms with Crippen LogP contribution in [0.1, 0.15) is 33.3 Å². The molecule has 0 aliphatic rings. The summed E-state index contributed by atoms with van der Waals surface area (Å²) >= 11 is 4.89. The standard InChI is InChI=1S/C13H12BrNO3S/c1-8(16)10-4-11(15(2)5-10)13(17)18-6-9-3-12(14)19-7-9/h3-5,7H,6H2,1-2H3. The highest BCUT2D eigenvalue weighted by atomic mass is 79.9. The number of nitrogens with zero attached hydrogens (tertiary/aromatic N) is 1. The second-order valence-corrected chi connectivity index (χ2v) is 6.41. The molecular weight excluding hydrogens is 330 g/mol. The molecule has 0 aromatic carbocycles. The largest absolute Gasteiger partial charge is 0.456 e. The van der Waals surface area contributed by atoms with Crippen LogP contribution < -0.4 is 0 Å². The van der Waals surface area contributed by atoms with E-state index in [0.29, 0.717) is 11.3 Å². The van der Waals surface area contributed by atoms with Crippen molar-refractivity contribution in [2.24, 2.45) is 7.05 Å². The molecule has 6 heteroatoms. The first-order chi connectivity index (χ1) is 8.97. The molecule has 2 aromatic rings. The molecule has 0 fully saturated rings. The lowest BCUT2D eigenvalue weighted by Gasteiger charge is -2.03. The smallest absolute Gasteiger partial charge is 0.355 e. The van der Waals surface area contributed by atoms with E-state index in [2.05, 4.69) is 15.9 Å². The number of ketones is 1. The average molecular weight is 342 g/mol. The van der Waals surface area contributed by atoms with Gasteiger partial charge in [0.1, 0.15) is 12.3 Å². The van der Waals surface area contributed by atoms with Crippen molar-refractivity contribution in [2.45, 2.75) is 13.5 Å². The summed E-state index contributed by atoms with van der Waals surface area (Å²) in [6.07, 6.45) is 1.63. The maximum absolute atomic E-state index is 11.9. The molecule has 0 spiro atoms.